The van der Waals surface area contributed by atoms with Crippen LogP contribution in [0.3, 0.4) is 0 Å². The Morgan fingerprint density at radius 1 is 1.30 bits per heavy atom. The Balaban J connectivity index is 1.70. The predicted molar refractivity (Wildman–Crippen MR) is 88.9 cm³/mol. The van der Waals surface area contributed by atoms with E-state index in [1.165, 1.54) is 12.0 Å². The van der Waals surface area contributed by atoms with Gasteiger partial charge in [0.2, 0.25) is 5.91 Å². The zero-order chi connectivity index (χ0) is 16.4. The van der Waals surface area contributed by atoms with Gasteiger partial charge < -0.3 is 9.42 Å². The molecule has 4 heterocycles. The maximum absolute atomic E-state index is 12.5. The quantitative estimate of drug-likeness (QED) is 0.801. The van der Waals surface area contributed by atoms with E-state index in [4.69, 9.17) is 4.52 Å². The number of amides is 1. The molecule has 3 aliphatic rings. The summed E-state index contributed by atoms with van der Waals surface area (Å²) >= 11 is 0. The molecule has 1 amide bonds. The number of allylic oxidation sites excluding steroid dienone is 1. The maximum Gasteiger partial charge on any atom is 0.226 e. The molecule has 5 heteroatoms. The third kappa shape index (κ3) is 3.50. The summed E-state index contributed by atoms with van der Waals surface area (Å²) in [5, 5.41) is 4.06. The lowest BCUT2D eigenvalue weighted by Gasteiger charge is -2.36. The highest BCUT2D eigenvalue weighted by atomic mass is 16.5. The third-order valence-corrected chi connectivity index (χ3v) is 5.20. The largest absolute Gasteiger partial charge is 0.361 e. The molecule has 3 fully saturated rings. The van der Waals surface area contributed by atoms with Crippen LogP contribution in [0.5, 0.6) is 0 Å². The van der Waals surface area contributed by atoms with Gasteiger partial charge in [-0.3, -0.25) is 9.69 Å². The highest BCUT2D eigenvalue weighted by molar-refractivity contribution is 5.78. The van der Waals surface area contributed by atoms with Crippen LogP contribution < -0.4 is 0 Å². The molecule has 5 nitrogen and oxygen atoms in total. The molecule has 1 aromatic heterocycles. The van der Waals surface area contributed by atoms with Crippen molar-refractivity contribution in [1.29, 1.82) is 0 Å². The van der Waals surface area contributed by atoms with E-state index in [9.17, 15) is 4.79 Å². The molecule has 0 unspecified atom stereocenters. The van der Waals surface area contributed by atoms with Gasteiger partial charge in [-0.15, -0.1) is 0 Å². The summed E-state index contributed by atoms with van der Waals surface area (Å²) in [7, 11) is 0. The van der Waals surface area contributed by atoms with Gasteiger partial charge in [0.05, 0.1) is 5.69 Å². The van der Waals surface area contributed by atoms with E-state index in [0.717, 1.165) is 44.1 Å². The van der Waals surface area contributed by atoms with Crippen LogP contribution in [-0.4, -0.2) is 46.5 Å². The molecule has 23 heavy (non-hydrogen) atoms. The number of carbonyl (C=O) groups is 1. The second-order valence-corrected chi connectivity index (χ2v) is 6.91. The zero-order valence-corrected chi connectivity index (χ0v) is 14.4. The van der Waals surface area contributed by atoms with Crippen LogP contribution in [0.25, 0.3) is 0 Å². The van der Waals surface area contributed by atoms with E-state index in [1.807, 2.05) is 32.9 Å². The van der Waals surface area contributed by atoms with Crippen molar-refractivity contribution in [3.8, 4) is 0 Å². The van der Waals surface area contributed by atoms with Crippen molar-refractivity contribution in [2.45, 2.75) is 52.6 Å². The molecule has 0 N–H and O–H groups in total. The molecule has 0 radical (unpaired) electrons. The Morgan fingerprint density at radius 2 is 2.13 bits per heavy atom. The SMILES string of the molecule is C/C=C/CC(=O)N1C[C@@H]2CC[C@H]1CN(Cc1c(C)noc1C)C2. The van der Waals surface area contributed by atoms with Gasteiger partial charge in [-0.2, -0.15) is 0 Å². The molecule has 1 aromatic rings. The number of aryl methyl sites for hydroxylation is 2. The van der Waals surface area contributed by atoms with Gasteiger partial charge in [-0.1, -0.05) is 17.3 Å². The minimum absolute atomic E-state index is 0.275. The molecule has 3 aliphatic heterocycles. The van der Waals surface area contributed by atoms with E-state index in [2.05, 4.69) is 15.0 Å². The number of hydrogen-bond acceptors (Lipinski definition) is 4. The monoisotopic (exact) mass is 317 g/mol. The molecule has 2 bridgehead atoms. The highest BCUT2D eigenvalue weighted by Gasteiger charge is 2.36. The van der Waals surface area contributed by atoms with E-state index in [0.29, 0.717) is 18.4 Å². The Bertz CT molecular complexity index is 574. The maximum atomic E-state index is 12.5. The average molecular weight is 317 g/mol. The topological polar surface area (TPSA) is 49.6 Å². The smallest absolute Gasteiger partial charge is 0.226 e. The van der Waals surface area contributed by atoms with Crippen molar-refractivity contribution < 1.29 is 9.32 Å². The first-order valence-corrected chi connectivity index (χ1v) is 8.63. The number of fused-ring (bicyclic) bond motifs is 4. The molecule has 3 saturated heterocycles. The standard InChI is InChI=1S/C18H27N3O2/c1-4-5-6-18(22)21-10-15-7-8-16(21)11-20(9-15)12-17-13(2)19-23-14(17)3/h4-5,15-16H,6-12H2,1-3H3/b5-4+/t15-,16+/m1/s1. The lowest BCUT2D eigenvalue weighted by atomic mass is 9.94. The van der Waals surface area contributed by atoms with Gasteiger partial charge >= 0.3 is 0 Å². The van der Waals surface area contributed by atoms with Crippen molar-refractivity contribution in [2.75, 3.05) is 19.6 Å². The Morgan fingerprint density at radius 3 is 2.83 bits per heavy atom. The van der Waals surface area contributed by atoms with Crippen molar-refractivity contribution in [2.24, 2.45) is 5.92 Å². The first kappa shape index (κ1) is 16.2. The molecule has 2 atom stereocenters. The lowest BCUT2D eigenvalue weighted by Crippen LogP contribution is -2.47. The molecule has 0 saturated carbocycles. The van der Waals surface area contributed by atoms with E-state index in [-0.39, 0.29) is 5.91 Å². The normalized spacial score (nSPS) is 25.3. The Kier molecular flexibility index (Phi) is 4.85. The second-order valence-electron chi connectivity index (χ2n) is 6.91. The number of nitrogens with zero attached hydrogens (tertiary/aromatic N) is 3. The molecule has 4 rings (SSSR count). The third-order valence-electron chi connectivity index (χ3n) is 5.20. The van der Waals surface area contributed by atoms with Crippen LogP contribution in [0.15, 0.2) is 16.7 Å². The summed E-state index contributed by atoms with van der Waals surface area (Å²) in [5.41, 5.74) is 2.19. The number of piperidine rings is 1. The molecular formula is C18H27N3O2. The molecule has 0 aromatic carbocycles. The van der Waals surface area contributed by atoms with Gasteiger partial charge in [0.25, 0.3) is 0 Å². The van der Waals surface area contributed by atoms with Crippen molar-refractivity contribution in [3.63, 3.8) is 0 Å². The zero-order valence-electron chi connectivity index (χ0n) is 14.4. The van der Waals surface area contributed by atoms with Crippen LogP contribution in [0.4, 0.5) is 0 Å². The summed E-state index contributed by atoms with van der Waals surface area (Å²) in [6.45, 7) is 9.77. The summed E-state index contributed by atoms with van der Waals surface area (Å²) in [6.07, 6.45) is 6.81. The van der Waals surface area contributed by atoms with Crippen LogP contribution >= 0.6 is 0 Å². The highest BCUT2D eigenvalue weighted by Crippen LogP contribution is 2.30. The second kappa shape index (κ2) is 6.87. The van der Waals surface area contributed by atoms with Crippen molar-refractivity contribution >= 4 is 5.91 Å². The van der Waals surface area contributed by atoms with Crippen LogP contribution in [-0.2, 0) is 11.3 Å². The van der Waals surface area contributed by atoms with E-state index in [1.54, 1.807) is 0 Å². The van der Waals surface area contributed by atoms with Crippen LogP contribution in [0, 0.1) is 19.8 Å². The van der Waals surface area contributed by atoms with Crippen LogP contribution in [0.1, 0.15) is 43.2 Å². The first-order valence-electron chi connectivity index (χ1n) is 8.63. The van der Waals surface area contributed by atoms with Gasteiger partial charge in [0.1, 0.15) is 5.76 Å². The number of hydrogen-bond donors (Lipinski definition) is 0. The number of aromatic nitrogens is 1. The minimum atomic E-state index is 0.275. The van der Waals surface area contributed by atoms with Gasteiger partial charge in [0.15, 0.2) is 0 Å². The van der Waals surface area contributed by atoms with E-state index < -0.39 is 0 Å². The fourth-order valence-electron chi connectivity index (χ4n) is 3.90. The van der Waals surface area contributed by atoms with Crippen molar-refractivity contribution in [3.05, 3.63) is 29.2 Å². The number of rotatable bonds is 4. The molecule has 0 aliphatic carbocycles. The molecule has 0 spiro atoms. The molecule has 126 valence electrons. The fourth-order valence-corrected chi connectivity index (χ4v) is 3.90. The predicted octanol–water partition coefficient (Wildman–Crippen LogP) is 2.68. The Hall–Kier alpha value is -1.62. The average Bonchev–Trinajstić information content (AvgIpc) is 2.74. The van der Waals surface area contributed by atoms with Gasteiger partial charge in [-0.05, 0) is 39.5 Å². The van der Waals surface area contributed by atoms with Crippen molar-refractivity contribution in [1.82, 2.24) is 15.0 Å². The van der Waals surface area contributed by atoms with Gasteiger partial charge in [-0.25, -0.2) is 0 Å². The van der Waals surface area contributed by atoms with Gasteiger partial charge in [0, 0.05) is 44.2 Å². The summed E-state index contributed by atoms with van der Waals surface area (Å²) < 4.78 is 5.29. The van der Waals surface area contributed by atoms with Crippen LogP contribution in [0.2, 0.25) is 0 Å². The lowest BCUT2D eigenvalue weighted by molar-refractivity contribution is -0.134. The summed E-state index contributed by atoms with van der Waals surface area (Å²) in [6, 6.07) is 0.354. The first-order chi connectivity index (χ1) is 11.1. The van der Waals surface area contributed by atoms with E-state index >= 15 is 0 Å². The summed E-state index contributed by atoms with van der Waals surface area (Å²) in [4.78, 5) is 17.1. The minimum Gasteiger partial charge on any atom is -0.361 e. The summed E-state index contributed by atoms with van der Waals surface area (Å²) in [5.74, 6) is 1.78. The number of carbonyl (C=O) groups excluding carboxylic acids is 1. The molecular weight excluding hydrogens is 290 g/mol. The fraction of sp³-hybridized carbons (Fsp3) is 0.667. The Labute approximate surface area is 138 Å².